The molecule has 0 aromatic rings. The topological polar surface area (TPSA) is 17.1 Å². The van der Waals surface area contributed by atoms with E-state index in [9.17, 15) is 4.79 Å². The van der Waals surface area contributed by atoms with Crippen LogP contribution in [-0.2, 0) is 4.79 Å². The van der Waals surface area contributed by atoms with E-state index in [2.05, 4.69) is 12.2 Å². The molecule has 0 radical (unpaired) electrons. The normalized spacial score (nSPS) is 26.7. The number of carbonyl (C=O) groups is 1. The van der Waals surface area contributed by atoms with Gasteiger partial charge in [-0.05, 0) is 32.3 Å². The Kier molecular flexibility index (Phi) is 4.52. The van der Waals surface area contributed by atoms with Gasteiger partial charge in [-0.2, -0.15) is 0 Å². The molecule has 1 rings (SSSR count). The lowest BCUT2D eigenvalue weighted by Gasteiger charge is -2.11. The first-order chi connectivity index (χ1) is 6.34. The molecule has 72 valence electrons. The molecular formula is C12H18O. The molecule has 0 fully saturated rings. The SMILES string of the molecule is C/C=C/C(=O)C1/C=C\CCCCC1. The third kappa shape index (κ3) is 3.58. The molecule has 1 aliphatic rings. The van der Waals surface area contributed by atoms with Crippen molar-refractivity contribution >= 4 is 5.78 Å². The molecule has 0 aliphatic heterocycles. The van der Waals surface area contributed by atoms with E-state index in [-0.39, 0.29) is 11.7 Å². The fourth-order valence-corrected chi connectivity index (χ4v) is 1.68. The molecule has 0 saturated carbocycles. The zero-order chi connectivity index (χ0) is 9.52. The number of carbonyl (C=O) groups excluding carboxylic acids is 1. The second kappa shape index (κ2) is 5.74. The van der Waals surface area contributed by atoms with Crippen LogP contribution in [0.25, 0.3) is 0 Å². The van der Waals surface area contributed by atoms with Crippen molar-refractivity contribution in [1.29, 1.82) is 0 Å². The van der Waals surface area contributed by atoms with Gasteiger partial charge >= 0.3 is 0 Å². The minimum atomic E-state index is 0.150. The molecule has 0 N–H and O–H groups in total. The Bertz CT molecular complexity index is 213. The van der Waals surface area contributed by atoms with Crippen molar-refractivity contribution < 1.29 is 4.79 Å². The molecule has 1 atom stereocenters. The number of ketones is 1. The van der Waals surface area contributed by atoms with Crippen LogP contribution in [0.15, 0.2) is 24.3 Å². The van der Waals surface area contributed by atoms with Gasteiger partial charge in [-0.1, -0.05) is 31.1 Å². The lowest BCUT2D eigenvalue weighted by molar-refractivity contribution is -0.117. The third-order valence-electron chi connectivity index (χ3n) is 2.45. The molecular weight excluding hydrogens is 160 g/mol. The van der Waals surface area contributed by atoms with Crippen LogP contribution in [0, 0.1) is 5.92 Å². The molecule has 1 heteroatoms. The average molecular weight is 178 g/mol. The summed E-state index contributed by atoms with van der Waals surface area (Å²) in [6.45, 7) is 1.89. The summed E-state index contributed by atoms with van der Waals surface area (Å²) in [5.41, 5.74) is 0. The maximum Gasteiger partial charge on any atom is 0.162 e. The van der Waals surface area contributed by atoms with Gasteiger partial charge in [0, 0.05) is 5.92 Å². The highest BCUT2D eigenvalue weighted by molar-refractivity contribution is 5.92. The predicted molar refractivity (Wildman–Crippen MR) is 55.5 cm³/mol. The van der Waals surface area contributed by atoms with Crippen molar-refractivity contribution in [2.24, 2.45) is 5.92 Å². The van der Waals surface area contributed by atoms with Gasteiger partial charge in [0.1, 0.15) is 0 Å². The van der Waals surface area contributed by atoms with Crippen molar-refractivity contribution in [3.8, 4) is 0 Å². The molecule has 1 aliphatic carbocycles. The first-order valence-electron chi connectivity index (χ1n) is 5.18. The highest BCUT2D eigenvalue weighted by atomic mass is 16.1. The number of allylic oxidation sites excluding steroid dienone is 4. The van der Waals surface area contributed by atoms with Gasteiger partial charge in [-0.25, -0.2) is 0 Å². The first-order valence-corrected chi connectivity index (χ1v) is 5.18. The maximum absolute atomic E-state index is 11.5. The summed E-state index contributed by atoms with van der Waals surface area (Å²) < 4.78 is 0. The molecule has 0 heterocycles. The fraction of sp³-hybridized carbons (Fsp3) is 0.583. The van der Waals surface area contributed by atoms with Crippen molar-refractivity contribution in [3.05, 3.63) is 24.3 Å². The number of hydrogen-bond donors (Lipinski definition) is 0. The van der Waals surface area contributed by atoms with Crippen LogP contribution in [0.5, 0.6) is 0 Å². The molecule has 0 bridgehead atoms. The molecule has 1 nitrogen and oxygen atoms in total. The molecule has 0 aromatic heterocycles. The maximum atomic E-state index is 11.5. The summed E-state index contributed by atoms with van der Waals surface area (Å²) in [6.07, 6.45) is 13.7. The molecule has 0 aromatic carbocycles. The Morgan fingerprint density at radius 1 is 1.38 bits per heavy atom. The van der Waals surface area contributed by atoms with Gasteiger partial charge in [-0.15, -0.1) is 0 Å². The lowest BCUT2D eigenvalue weighted by atomic mass is 9.93. The molecule has 13 heavy (non-hydrogen) atoms. The predicted octanol–water partition coefficient (Wildman–Crippen LogP) is 3.27. The van der Waals surface area contributed by atoms with E-state index in [1.807, 2.05) is 13.0 Å². The van der Waals surface area contributed by atoms with Crippen LogP contribution in [-0.4, -0.2) is 5.78 Å². The number of hydrogen-bond acceptors (Lipinski definition) is 1. The Morgan fingerprint density at radius 2 is 2.23 bits per heavy atom. The standard InChI is InChI=1S/C12H18O/c1-2-8-12(13)11-9-6-4-3-5-7-10-11/h2,6,8-9,11H,3-5,7,10H2,1H3/b8-2+,9-6-. The minimum Gasteiger partial charge on any atom is -0.294 e. The zero-order valence-electron chi connectivity index (χ0n) is 8.33. The van der Waals surface area contributed by atoms with Gasteiger partial charge in [-0.3, -0.25) is 4.79 Å². The number of rotatable bonds is 2. The smallest absolute Gasteiger partial charge is 0.162 e. The lowest BCUT2D eigenvalue weighted by Crippen LogP contribution is -2.10. The van der Waals surface area contributed by atoms with Crippen molar-refractivity contribution in [2.75, 3.05) is 0 Å². The quantitative estimate of drug-likeness (QED) is 0.468. The molecule has 0 saturated heterocycles. The Labute approximate surface area is 80.5 Å². The van der Waals surface area contributed by atoms with Gasteiger partial charge in [0.05, 0.1) is 0 Å². The van der Waals surface area contributed by atoms with Crippen LogP contribution < -0.4 is 0 Å². The second-order valence-electron chi connectivity index (χ2n) is 3.58. The van der Waals surface area contributed by atoms with E-state index in [1.165, 1.54) is 19.3 Å². The Morgan fingerprint density at radius 3 is 3.00 bits per heavy atom. The van der Waals surface area contributed by atoms with E-state index in [1.54, 1.807) is 6.08 Å². The van der Waals surface area contributed by atoms with Crippen LogP contribution in [0.2, 0.25) is 0 Å². The van der Waals surface area contributed by atoms with E-state index in [0.717, 1.165) is 12.8 Å². The molecule has 0 spiro atoms. The van der Waals surface area contributed by atoms with Crippen molar-refractivity contribution in [2.45, 2.75) is 39.0 Å². The van der Waals surface area contributed by atoms with Gasteiger partial charge < -0.3 is 0 Å². The van der Waals surface area contributed by atoms with Gasteiger partial charge in [0.25, 0.3) is 0 Å². The van der Waals surface area contributed by atoms with Crippen LogP contribution in [0.1, 0.15) is 39.0 Å². The second-order valence-corrected chi connectivity index (χ2v) is 3.58. The summed E-state index contributed by atoms with van der Waals surface area (Å²) in [4.78, 5) is 11.5. The average Bonchev–Trinajstić information content (AvgIpc) is 2.03. The summed E-state index contributed by atoms with van der Waals surface area (Å²) in [5.74, 6) is 0.414. The van der Waals surface area contributed by atoms with Crippen molar-refractivity contribution in [3.63, 3.8) is 0 Å². The first kappa shape index (κ1) is 10.2. The fourth-order valence-electron chi connectivity index (χ4n) is 1.68. The summed E-state index contributed by atoms with van der Waals surface area (Å²) in [5, 5.41) is 0. The van der Waals surface area contributed by atoms with Crippen molar-refractivity contribution in [1.82, 2.24) is 0 Å². The largest absolute Gasteiger partial charge is 0.294 e. The minimum absolute atomic E-state index is 0.150. The van der Waals surface area contributed by atoms with E-state index >= 15 is 0 Å². The van der Waals surface area contributed by atoms with Crippen LogP contribution >= 0.6 is 0 Å². The summed E-state index contributed by atoms with van der Waals surface area (Å²) in [6, 6.07) is 0. The van der Waals surface area contributed by atoms with E-state index in [0.29, 0.717) is 0 Å². The third-order valence-corrected chi connectivity index (χ3v) is 2.45. The van der Waals surface area contributed by atoms with E-state index < -0.39 is 0 Å². The summed E-state index contributed by atoms with van der Waals surface area (Å²) in [7, 11) is 0. The Hall–Kier alpha value is -0.850. The van der Waals surface area contributed by atoms with Crippen LogP contribution in [0.4, 0.5) is 0 Å². The summed E-state index contributed by atoms with van der Waals surface area (Å²) >= 11 is 0. The molecule has 0 amide bonds. The monoisotopic (exact) mass is 178 g/mol. The van der Waals surface area contributed by atoms with E-state index in [4.69, 9.17) is 0 Å². The van der Waals surface area contributed by atoms with Gasteiger partial charge in [0.2, 0.25) is 0 Å². The Balaban J connectivity index is 2.54. The zero-order valence-corrected chi connectivity index (χ0v) is 8.33. The highest BCUT2D eigenvalue weighted by Crippen LogP contribution is 2.17. The highest BCUT2D eigenvalue weighted by Gasteiger charge is 2.12. The van der Waals surface area contributed by atoms with Crippen LogP contribution in [0.3, 0.4) is 0 Å². The molecule has 1 unspecified atom stereocenters. The van der Waals surface area contributed by atoms with Gasteiger partial charge in [0.15, 0.2) is 5.78 Å².